The van der Waals surface area contributed by atoms with Gasteiger partial charge in [-0.1, -0.05) is 52.3 Å². The number of ether oxygens (including phenoxy) is 3. The zero-order chi connectivity index (χ0) is 28.2. The van der Waals surface area contributed by atoms with Crippen LogP contribution in [-0.4, -0.2) is 36.4 Å². The van der Waals surface area contributed by atoms with Crippen molar-refractivity contribution >= 4 is 11.8 Å². The highest BCUT2D eigenvalue weighted by molar-refractivity contribution is 5.98. The molecular formula is C34H52O5. The van der Waals surface area contributed by atoms with E-state index in [1.165, 1.54) is 5.57 Å². The van der Waals surface area contributed by atoms with E-state index in [4.69, 9.17) is 14.2 Å². The van der Waals surface area contributed by atoms with E-state index in [2.05, 4.69) is 60.6 Å². The van der Waals surface area contributed by atoms with Gasteiger partial charge < -0.3 is 14.2 Å². The third kappa shape index (κ3) is 5.56. The molecule has 1 saturated carbocycles. The first-order chi connectivity index (χ1) is 18.5. The average molecular weight is 541 g/mol. The predicted molar refractivity (Wildman–Crippen MR) is 153 cm³/mol. The number of hydrogen-bond donors (Lipinski definition) is 0. The molecule has 5 nitrogen and oxygen atoms in total. The summed E-state index contributed by atoms with van der Waals surface area (Å²) in [6.45, 7) is 17.6. The summed E-state index contributed by atoms with van der Waals surface area (Å²) in [5.74, 6) is 3.10. The van der Waals surface area contributed by atoms with E-state index in [-0.39, 0.29) is 60.0 Å². The minimum absolute atomic E-state index is 0.0264. The first-order valence-electron chi connectivity index (χ1n) is 15.9. The molecule has 3 aliphatic carbocycles. The third-order valence-electron chi connectivity index (χ3n) is 11.8. The van der Waals surface area contributed by atoms with Crippen LogP contribution in [0.15, 0.2) is 23.3 Å². The van der Waals surface area contributed by atoms with Crippen LogP contribution in [0.2, 0.25) is 0 Å². The summed E-state index contributed by atoms with van der Waals surface area (Å²) in [5.41, 5.74) is 2.29. The monoisotopic (exact) mass is 540 g/mol. The highest BCUT2D eigenvalue weighted by Crippen LogP contribution is 2.56. The highest BCUT2D eigenvalue weighted by Gasteiger charge is 2.52. The number of rotatable bonds is 2. The van der Waals surface area contributed by atoms with Gasteiger partial charge in [0.25, 0.3) is 0 Å². The Bertz CT molecular complexity index is 998. The molecular weight excluding hydrogens is 488 g/mol. The Hall–Kier alpha value is -1.46. The van der Waals surface area contributed by atoms with Gasteiger partial charge in [-0.05, 0) is 99.9 Å². The van der Waals surface area contributed by atoms with Gasteiger partial charge in [-0.25, -0.2) is 0 Å². The number of fused-ring (bicyclic) bond motifs is 5. The summed E-state index contributed by atoms with van der Waals surface area (Å²) in [6, 6.07) is 0. The number of ketones is 1. The van der Waals surface area contributed by atoms with Crippen LogP contribution in [0.1, 0.15) is 93.9 Å². The molecule has 6 unspecified atom stereocenters. The minimum Gasteiger partial charge on any atom is -0.463 e. The second kappa shape index (κ2) is 11.4. The molecule has 0 aromatic rings. The molecule has 218 valence electrons. The molecule has 39 heavy (non-hydrogen) atoms. The third-order valence-corrected chi connectivity index (χ3v) is 11.8. The van der Waals surface area contributed by atoms with Crippen LogP contribution < -0.4 is 0 Å². The van der Waals surface area contributed by atoms with E-state index < -0.39 is 0 Å². The fourth-order valence-electron chi connectivity index (χ4n) is 8.54. The Morgan fingerprint density at radius 2 is 1.59 bits per heavy atom. The van der Waals surface area contributed by atoms with E-state index >= 15 is 0 Å². The summed E-state index contributed by atoms with van der Waals surface area (Å²) in [4.78, 5) is 27.0. The molecule has 3 fully saturated rings. The van der Waals surface area contributed by atoms with E-state index in [0.29, 0.717) is 41.9 Å². The second-order valence-corrected chi connectivity index (χ2v) is 14.1. The van der Waals surface area contributed by atoms with Crippen LogP contribution in [0.3, 0.4) is 0 Å². The van der Waals surface area contributed by atoms with Crippen molar-refractivity contribution in [2.75, 3.05) is 0 Å². The van der Waals surface area contributed by atoms with E-state index in [1.54, 1.807) is 0 Å². The quantitative estimate of drug-likeness (QED) is 0.275. The van der Waals surface area contributed by atoms with Gasteiger partial charge in [0.15, 0.2) is 12.1 Å². The maximum atomic E-state index is 13.9. The fraction of sp³-hybridized carbons (Fsp3) is 0.824. The van der Waals surface area contributed by atoms with Crippen molar-refractivity contribution in [2.24, 2.45) is 59.2 Å². The standard InChI is InChI=1S/C34H52O5/c1-17-10-9-11-19(3)37-32(35)16-30-27-12-18(2)26-13-25(39-34-23(7)21(5)22(6)24(8)38-34)14-28(26)29(27)15-31(30)33(36)20(17)4/h12,15,17,19-30,34H,9-11,13-14,16H2,1-8H3/t17-,19-,20+,21?,22?,23?,24?,25+,26-,27+,28+,29+,30?,34?/m0/s1. The number of Topliss-reactive ketones (excluding diaryl/α,β-unsaturated/α-hetero) is 1. The molecule has 0 spiro atoms. The van der Waals surface area contributed by atoms with Crippen molar-refractivity contribution < 1.29 is 23.8 Å². The zero-order valence-corrected chi connectivity index (χ0v) is 25.5. The van der Waals surface area contributed by atoms with Gasteiger partial charge >= 0.3 is 5.97 Å². The lowest BCUT2D eigenvalue weighted by Gasteiger charge is -2.43. The Balaban J connectivity index is 1.38. The lowest BCUT2D eigenvalue weighted by Crippen LogP contribution is -2.45. The smallest absolute Gasteiger partial charge is 0.306 e. The molecule has 2 saturated heterocycles. The normalized spacial score (nSPS) is 49.0. The Morgan fingerprint density at radius 1 is 0.846 bits per heavy atom. The largest absolute Gasteiger partial charge is 0.463 e. The molecule has 5 heteroatoms. The maximum absolute atomic E-state index is 13.9. The summed E-state index contributed by atoms with van der Waals surface area (Å²) in [7, 11) is 0. The first kappa shape index (κ1) is 29.0. The van der Waals surface area contributed by atoms with Gasteiger partial charge in [0.05, 0.1) is 24.7 Å². The van der Waals surface area contributed by atoms with Crippen molar-refractivity contribution in [1.29, 1.82) is 0 Å². The number of allylic oxidation sites excluding steroid dienone is 4. The van der Waals surface area contributed by atoms with Gasteiger partial charge in [-0.15, -0.1) is 0 Å². The van der Waals surface area contributed by atoms with Crippen molar-refractivity contribution in [2.45, 2.75) is 119 Å². The number of esters is 1. The fourth-order valence-corrected chi connectivity index (χ4v) is 8.54. The van der Waals surface area contributed by atoms with Crippen molar-refractivity contribution in [3.05, 3.63) is 23.3 Å². The van der Waals surface area contributed by atoms with Gasteiger partial charge in [0.2, 0.25) is 0 Å². The number of carbonyl (C=O) groups excluding carboxylic acids is 2. The van der Waals surface area contributed by atoms with Crippen molar-refractivity contribution in [1.82, 2.24) is 0 Å². The Kier molecular flexibility index (Phi) is 8.51. The molecule has 5 rings (SSSR count). The lowest BCUT2D eigenvalue weighted by molar-refractivity contribution is -0.259. The molecule has 0 aromatic heterocycles. The van der Waals surface area contributed by atoms with Crippen LogP contribution in [0.25, 0.3) is 0 Å². The van der Waals surface area contributed by atoms with E-state index in [9.17, 15) is 9.59 Å². The molecule has 0 radical (unpaired) electrons. The molecule has 0 amide bonds. The number of hydrogen-bond acceptors (Lipinski definition) is 5. The molecule has 0 aromatic carbocycles. The maximum Gasteiger partial charge on any atom is 0.306 e. The minimum atomic E-state index is -0.158. The van der Waals surface area contributed by atoms with Crippen LogP contribution in [0, 0.1) is 59.2 Å². The Morgan fingerprint density at radius 3 is 2.33 bits per heavy atom. The van der Waals surface area contributed by atoms with Gasteiger partial charge in [0.1, 0.15) is 0 Å². The summed E-state index contributed by atoms with van der Waals surface area (Å²) < 4.78 is 18.9. The molecule has 0 N–H and O–H groups in total. The van der Waals surface area contributed by atoms with Gasteiger partial charge in [0, 0.05) is 17.8 Å². The molecule has 0 bridgehead atoms. The van der Waals surface area contributed by atoms with Crippen LogP contribution in [0.5, 0.6) is 0 Å². The first-order valence-corrected chi connectivity index (χ1v) is 15.9. The predicted octanol–water partition coefficient (Wildman–Crippen LogP) is 7.15. The molecule has 14 atom stereocenters. The molecule has 5 aliphatic rings. The topological polar surface area (TPSA) is 61.8 Å². The van der Waals surface area contributed by atoms with Crippen LogP contribution in [0.4, 0.5) is 0 Å². The molecule has 2 aliphatic heterocycles. The zero-order valence-electron chi connectivity index (χ0n) is 25.5. The van der Waals surface area contributed by atoms with Crippen LogP contribution >= 0.6 is 0 Å². The summed E-state index contributed by atoms with van der Waals surface area (Å²) in [5, 5.41) is 0. The van der Waals surface area contributed by atoms with Crippen molar-refractivity contribution in [3.63, 3.8) is 0 Å². The van der Waals surface area contributed by atoms with Crippen LogP contribution in [-0.2, 0) is 23.8 Å². The number of cyclic esters (lactones) is 1. The van der Waals surface area contributed by atoms with Crippen molar-refractivity contribution in [3.8, 4) is 0 Å². The summed E-state index contributed by atoms with van der Waals surface area (Å²) >= 11 is 0. The second-order valence-electron chi connectivity index (χ2n) is 14.1. The molecule has 2 heterocycles. The average Bonchev–Trinajstić information content (AvgIpc) is 3.46. The van der Waals surface area contributed by atoms with E-state index in [0.717, 1.165) is 37.7 Å². The number of carbonyl (C=O) groups is 2. The van der Waals surface area contributed by atoms with Gasteiger partial charge in [-0.2, -0.15) is 0 Å². The lowest BCUT2D eigenvalue weighted by atomic mass is 9.67. The van der Waals surface area contributed by atoms with E-state index in [1.807, 2.05) is 6.92 Å². The summed E-state index contributed by atoms with van der Waals surface area (Å²) in [6.07, 6.45) is 9.94. The SMILES string of the molecule is CC1=C[C@H]2C3CC(=O)O[C@@H](C)CCC[C@H](C)[C@@H](C)C(=O)C3=C[C@H]2[C@@H]2C[C@H](OC3OC(C)C(C)C(C)C3C)C[C@@H]12. The van der Waals surface area contributed by atoms with Gasteiger partial charge in [-0.3, -0.25) is 9.59 Å². The highest BCUT2D eigenvalue weighted by atomic mass is 16.7. The Labute approximate surface area is 236 Å².